The van der Waals surface area contributed by atoms with Crippen LogP contribution in [0.5, 0.6) is 0 Å². The van der Waals surface area contributed by atoms with Gasteiger partial charge < -0.3 is 5.73 Å². The van der Waals surface area contributed by atoms with Crippen LogP contribution in [0.4, 0.5) is 0 Å². The Hall–Kier alpha value is -0.520. The van der Waals surface area contributed by atoms with E-state index in [0.717, 1.165) is 15.7 Å². The lowest BCUT2D eigenvalue weighted by Gasteiger charge is -2.04. The van der Waals surface area contributed by atoms with Crippen molar-refractivity contribution in [1.82, 2.24) is 9.38 Å². The quantitative estimate of drug-likeness (QED) is 0.840. The molecule has 2 aromatic rings. The largest absolute Gasteiger partial charge is 0.325 e. The maximum Gasteiger partial charge on any atom is 0.195 e. The van der Waals surface area contributed by atoms with Crippen LogP contribution in [0.1, 0.15) is 25.2 Å². The Morgan fingerprint density at radius 3 is 2.93 bits per heavy atom. The molecule has 3 nitrogen and oxygen atoms in total. The first-order valence-corrected chi connectivity index (χ1v) is 6.71. The van der Waals surface area contributed by atoms with Crippen molar-refractivity contribution in [2.24, 2.45) is 5.73 Å². The van der Waals surface area contributed by atoms with Crippen LogP contribution in [-0.2, 0) is 6.54 Å². The second kappa shape index (κ2) is 4.15. The fourth-order valence-corrected chi connectivity index (χ4v) is 3.38. The van der Waals surface area contributed by atoms with E-state index in [4.69, 9.17) is 5.73 Å². The number of aromatic nitrogens is 2. The van der Waals surface area contributed by atoms with Crippen molar-refractivity contribution >= 4 is 28.1 Å². The van der Waals surface area contributed by atoms with Crippen LogP contribution in [-0.4, -0.2) is 14.6 Å². The van der Waals surface area contributed by atoms with E-state index in [1.165, 1.54) is 5.69 Å². The first-order valence-electron chi connectivity index (χ1n) is 4.95. The minimum atomic E-state index is 0.542. The summed E-state index contributed by atoms with van der Waals surface area (Å²) in [4.78, 5) is 5.66. The molecule has 0 amide bonds. The number of imidazole rings is 1. The summed E-state index contributed by atoms with van der Waals surface area (Å²) >= 11 is 3.46. The molecule has 2 N–H and O–H groups in total. The van der Waals surface area contributed by atoms with Gasteiger partial charge in [-0.3, -0.25) is 4.40 Å². The molecule has 5 heteroatoms. The van der Waals surface area contributed by atoms with Gasteiger partial charge in [-0.2, -0.15) is 0 Å². The molecule has 0 aromatic carbocycles. The van der Waals surface area contributed by atoms with Gasteiger partial charge in [0, 0.05) is 22.9 Å². The number of nitrogens with two attached hydrogens (primary N) is 1. The van der Waals surface area contributed by atoms with Gasteiger partial charge in [0.25, 0.3) is 0 Å². The van der Waals surface area contributed by atoms with Crippen LogP contribution in [0.15, 0.2) is 10.4 Å². The van der Waals surface area contributed by atoms with Gasteiger partial charge in [0.05, 0.1) is 5.69 Å². The first-order chi connectivity index (χ1) is 7.13. The number of thiazole rings is 1. The van der Waals surface area contributed by atoms with E-state index >= 15 is 0 Å². The fraction of sp³-hybridized carbons (Fsp3) is 0.500. The maximum atomic E-state index is 5.80. The lowest BCUT2D eigenvalue weighted by molar-refractivity contribution is 0.904. The number of thioether (sulfide) groups is 1. The van der Waals surface area contributed by atoms with E-state index < -0.39 is 0 Å². The van der Waals surface area contributed by atoms with Crippen molar-refractivity contribution in [3.8, 4) is 0 Å². The second-order valence-corrected chi connectivity index (χ2v) is 6.13. The average molecular weight is 241 g/mol. The molecule has 0 aliphatic carbocycles. The molecule has 0 saturated carbocycles. The smallest absolute Gasteiger partial charge is 0.195 e. The maximum absolute atomic E-state index is 5.80. The molecule has 2 aromatic heterocycles. The lowest BCUT2D eigenvalue weighted by atomic mass is 10.4. The van der Waals surface area contributed by atoms with Crippen molar-refractivity contribution < 1.29 is 0 Å². The number of hydrogen-bond acceptors (Lipinski definition) is 4. The zero-order valence-electron chi connectivity index (χ0n) is 9.15. The van der Waals surface area contributed by atoms with Gasteiger partial charge in [0.2, 0.25) is 0 Å². The summed E-state index contributed by atoms with van der Waals surface area (Å²) < 4.78 is 2.16. The molecule has 0 unspecified atom stereocenters. The molecule has 0 aliphatic rings. The Balaban J connectivity index is 2.55. The molecule has 0 spiro atoms. The summed E-state index contributed by atoms with van der Waals surface area (Å²) in [7, 11) is 0. The van der Waals surface area contributed by atoms with Gasteiger partial charge in [-0.1, -0.05) is 13.8 Å². The molecular formula is C10H15N3S2. The normalized spacial score (nSPS) is 11.8. The molecule has 0 atom stereocenters. The number of hydrogen-bond donors (Lipinski definition) is 1. The molecule has 0 fully saturated rings. The summed E-state index contributed by atoms with van der Waals surface area (Å²) in [6, 6.07) is 0. The fourth-order valence-electron chi connectivity index (χ4n) is 1.54. The highest BCUT2D eigenvalue weighted by atomic mass is 32.2. The number of fused-ring (bicyclic) bond motifs is 1. The minimum Gasteiger partial charge on any atom is -0.325 e. The highest BCUT2D eigenvalue weighted by Crippen LogP contribution is 2.29. The van der Waals surface area contributed by atoms with Crippen molar-refractivity contribution in [3.63, 3.8) is 0 Å². The molecule has 0 bridgehead atoms. The Labute approximate surface area is 97.7 Å². The topological polar surface area (TPSA) is 43.3 Å². The van der Waals surface area contributed by atoms with Gasteiger partial charge in [-0.15, -0.1) is 23.1 Å². The Morgan fingerprint density at radius 1 is 1.60 bits per heavy atom. The van der Waals surface area contributed by atoms with Crippen molar-refractivity contribution in [2.75, 3.05) is 0 Å². The molecule has 2 rings (SSSR count). The zero-order chi connectivity index (χ0) is 11.0. The summed E-state index contributed by atoms with van der Waals surface area (Å²) in [6.45, 7) is 6.98. The summed E-state index contributed by atoms with van der Waals surface area (Å²) in [5, 5.41) is 3.74. The van der Waals surface area contributed by atoms with E-state index in [9.17, 15) is 0 Å². The van der Waals surface area contributed by atoms with Crippen LogP contribution >= 0.6 is 23.1 Å². The van der Waals surface area contributed by atoms with Crippen molar-refractivity contribution in [3.05, 3.63) is 16.8 Å². The third-order valence-corrected chi connectivity index (χ3v) is 4.10. The van der Waals surface area contributed by atoms with Gasteiger partial charge in [-0.05, 0) is 6.92 Å². The zero-order valence-corrected chi connectivity index (χ0v) is 10.8. The molecule has 2 heterocycles. The van der Waals surface area contributed by atoms with Crippen LogP contribution in [0.3, 0.4) is 0 Å². The highest BCUT2D eigenvalue weighted by molar-refractivity contribution is 7.99. The molecular weight excluding hydrogens is 226 g/mol. The monoisotopic (exact) mass is 241 g/mol. The van der Waals surface area contributed by atoms with Crippen LogP contribution in [0.2, 0.25) is 0 Å². The number of aryl methyl sites for hydroxylation is 1. The molecule has 0 aliphatic heterocycles. The molecule has 0 radical (unpaired) electrons. The molecule has 0 saturated heterocycles. The van der Waals surface area contributed by atoms with Gasteiger partial charge in [0.1, 0.15) is 5.03 Å². The van der Waals surface area contributed by atoms with E-state index in [0.29, 0.717) is 11.8 Å². The van der Waals surface area contributed by atoms with Crippen molar-refractivity contribution in [2.45, 2.75) is 37.6 Å². The van der Waals surface area contributed by atoms with E-state index in [1.807, 2.05) is 0 Å². The third kappa shape index (κ3) is 1.91. The van der Waals surface area contributed by atoms with Crippen LogP contribution in [0.25, 0.3) is 4.96 Å². The average Bonchev–Trinajstić information content (AvgIpc) is 2.66. The lowest BCUT2D eigenvalue weighted by Crippen LogP contribution is -2.03. The Morgan fingerprint density at radius 2 is 2.33 bits per heavy atom. The Kier molecular flexibility index (Phi) is 3.04. The standard InChI is InChI=1S/C10H15N3S2/c1-6(2)15-9-8(4-11)13-7(3)5-14-10(13)12-9/h5-6H,4,11H2,1-3H3. The number of nitrogens with zero attached hydrogens (tertiary/aromatic N) is 2. The molecule has 15 heavy (non-hydrogen) atoms. The van der Waals surface area contributed by atoms with Gasteiger partial charge >= 0.3 is 0 Å². The van der Waals surface area contributed by atoms with E-state index in [1.54, 1.807) is 23.1 Å². The van der Waals surface area contributed by atoms with E-state index in [-0.39, 0.29) is 0 Å². The van der Waals surface area contributed by atoms with Crippen LogP contribution in [0, 0.1) is 6.92 Å². The van der Waals surface area contributed by atoms with Crippen molar-refractivity contribution in [1.29, 1.82) is 0 Å². The summed E-state index contributed by atoms with van der Waals surface area (Å²) in [5.74, 6) is 0. The van der Waals surface area contributed by atoms with Gasteiger partial charge in [-0.25, -0.2) is 4.98 Å². The minimum absolute atomic E-state index is 0.542. The number of rotatable bonds is 3. The summed E-state index contributed by atoms with van der Waals surface area (Å²) in [6.07, 6.45) is 0. The first kappa shape index (κ1) is 11.0. The predicted molar refractivity (Wildman–Crippen MR) is 66.7 cm³/mol. The predicted octanol–water partition coefficient (Wildman–Crippen LogP) is 2.66. The highest BCUT2D eigenvalue weighted by Gasteiger charge is 2.15. The SMILES string of the molecule is Cc1csc2nc(SC(C)C)c(CN)n12. The Bertz CT molecular complexity index is 470. The summed E-state index contributed by atoms with van der Waals surface area (Å²) in [5.41, 5.74) is 8.16. The van der Waals surface area contributed by atoms with E-state index in [2.05, 4.69) is 35.5 Å². The second-order valence-electron chi connectivity index (χ2n) is 3.73. The molecule has 82 valence electrons. The van der Waals surface area contributed by atoms with Crippen LogP contribution < -0.4 is 5.73 Å². The third-order valence-electron chi connectivity index (χ3n) is 2.13. The van der Waals surface area contributed by atoms with Gasteiger partial charge in [0.15, 0.2) is 4.96 Å².